The molecule has 0 aliphatic heterocycles. The van der Waals surface area contributed by atoms with E-state index in [0.717, 1.165) is 16.5 Å². The van der Waals surface area contributed by atoms with Crippen LogP contribution in [0, 0.1) is 0 Å². The van der Waals surface area contributed by atoms with Gasteiger partial charge in [-0.2, -0.15) is 5.10 Å². The predicted molar refractivity (Wildman–Crippen MR) is 50.4 cm³/mol. The van der Waals surface area contributed by atoms with E-state index in [4.69, 9.17) is 0 Å². The third kappa shape index (κ3) is 1.43. The molecule has 0 radical (unpaired) electrons. The summed E-state index contributed by atoms with van der Waals surface area (Å²) in [6.07, 6.45) is 0.808. The molecule has 0 aliphatic carbocycles. The summed E-state index contributed by atoms with van der Waals surface area (Å²) < 4.78 is 2.40. The topological polar surface area (TPSA) is 34.9 Å². The highest BCUT2D eigenvalue weighted by atomic mass is 79.9. The van der Waals surface area contributed by atoms with E-state index in [9.17, 15) is 4.79 Å². The molecule has 0 fully saturated rings. The van der Waals surface area contributed by atoms with Crippen LogP contribution in [0.15, 0.2) is 4.47 Å². The molecular weight excluding hydrogens is 220 g/mol. The van der Waals surface area contributed by atoms with Gasteiger partial charge in [-0.25, -0.2) is 0 Å². The second-order valence-electron chi connectivity index (χ2n) is 2.98. The fourth-order valence-electron chi connectivity index (χ4n) is 1.03. The zero-order valence-electron chi connectivity index (χ0n) is 7.34. The van der Waals surface area contributed by atoms with Crippen molar-refractivity contribution in [2.75, 3.05) is 0 Å². The largest absolute Gasteiger partial charge is 0.296 e. The first kappa shape index (κ1) is 9.45. The van der Waals surface area contributed by atoms with Crippen molar-refractivity contribution < 1.29 is 4.79 Å². The quantitative estimate of drug-likeness (QED) is 0.730. The Morgan fingerprint density at radius 3 is 2.42 bits per heavy atom. The van der Waals surface area contributed by atoms with Gasteiger partial charge in [0.15, 0.2) is 6.29 Å². The van der Waals surface area contributed by atoms with E-state index in [-0.39, 0.29) is 0 Å². The van der Waals surface area contributed by atoms with Crippen LogP contribution < -0.4 is 0 Å². The number of hydrogen-bond donors (Lipinski definition) is 0. The first-order valence-electron chi connectivity index (χ1n) is 3.75. The molecule has 1 aromatic rings. The summed E-state index contributed by atoms with van der Waals surface area (Å²) in [4.78, 5) is 10.6. The summed E-state index contributed by atoms with van der Waals surface area (Å²) in [5.41, 5.74) is 1.53. The lowest BCUT2D eigenvalue weighted by Crippen LogP contribution is -1.96. The second kappa shape index (κ2) is 3.39. The van der Waals surface area contributed by atoms with Crippen molar-refractivity contribution in [1.82, 2.24) is 9.78 Å². The fraction of sp³-hybridized carbons (Fsp3) is 0.500. The molecule has 0 unspecified atom stereocenters. The number of aldehydes is 1. The van der Waals surface area contributed by atoms with Crippen LogP contribution in [0.1, 0.15) is 35.9 Å². The van der Waals surface area contributed by atoms with Gasteiger partial charge < -0.3 is 0 Å². The van der Waals surface area contributed by atoms with Gasteiger partial charge in [0, 0.05) is 7.05 Å². The van der Waals surface area contributed by atoms with E-state index in [1.807, 2.05) is 13.8 Å². The van der Waals surface area contributed by atoms with Gasteiger partial charge in [-0.1, -0.05) is 13.8 Å². The van der Waals surface area contributed by atoms with E-state index >= 15 is 0 Å². The normalized spacial score (nSPS) is 10.8. The Kier molecular flexibility index (Phi) is 2.67. The molecule has 0 aliphatic rings. The monoisotopic (exact) mass is 230 g/mol. The molecule has 0 spiro atoms. The van der Waals surface area contributed by atoms with Crippen LogP contribution in [0.25, 0.3) is 0 Å². The average Bonchev–Trinajstić information content (AvgIpc) is 2.27. The lowest BCUT2D eigenvalue weighted by Gasteiger charge is -1.98. The molecule has 0 saturated carbocycles. The Labute approximate surface area is 79.9 Å². The van der Waals surface area contributed by atoms with Gasteiger partial charge in [0.25, 0.3) is 0 Å². The number of aromatic nitrogens is 2. The van der Waals surface area contributed by atoms with Gasteiger partial charge in [-0.3, -0.25) is 9.48 Å². The number of aryl methyl sites for hydroxylation is 1. The molecule has 0 amide bonds. The van der Waals surface area contributed by atoms with Gasteiger partial charge in [0.2, 0.25) is 0 Å². The molecule has 0 bridgehead atoms. The van der Waals surface area contributed by atoms with Crippen LogP contribution in [-0.2, 0) is 7.05 Å². The van der Waals surface area contributed by atoms with Crippen LogP contribution in [0.5, 0.6) is 0 Å². The van der Waals surface area contributed by atoms with Crippen molar-refractivity contribution >= 4 is 22.2 Å². The number of rotatable bonds is 2. The first-order chi connectivity index (χ1) is 5.57. The minimum absolute atomic E-state index is 0.333. The molecule has 4 heteroatoms. The Morgan fingerprint density at radius 2 is 2.17 bits per heavy atom. The number of nitrogens with zero attached hydrogens (tertiary/aromatic N) is 2. The molecule has 1 rings (SSSR count). The van der Waals surface area contributed by atoms with E-state index in [1.54, 1.807) is 11.7 Å². The van der Waals surface area contributed by atoms with Gasteiger partial charge in [0.05, 0.1) is 10.2 Å². The number of halogens is 1. The highest BCUT2D eigenvalue weighted by molar-refractivity contribution is 9.10. The van der Waals surface area contributed by atoms with Gasteiger partial charge in [-0.15, -0.1) is 0 Å². The maximum Gasteiger partial charge on any atom is 0.169 e. The number of carbonyl (C=O) groups excluding carboxylic acids is 1. The lowest BCUT2D eigenvalue weighted by molar-refractivity contribution is 0.111. The molecule has 0 saturated heterocycles. The van der Waals surface area contributed by atoms with Crippen LogP contribution in [-0.4, -0.2) is 16.1 Å². The summed E-state index contributed by atoms with van der Waals surface area (Å²) in [7, 11) is 1.76. The predicted octanol–water partition coefficient (Wildman–Crippen LogP) is 2.12. The number of carbonyl (C=O) groups is 1. The second-order valence-corrected chi connectivity index (χ2v) is 3.77. The van der Waals surface area contributed by atoms with Crippen molar-refractivity contribution in [1.29, 1.82) is 0 Å². The molecule has 66 valence electrons. The SMILES string of the molecule is CC(C)c1nn(C)c(C=O)c1Br. The molecular formula is C8H11BrN2O. The Balaban J connectivity index is 3.26. The molecule has 3 nitrogen and oxygen atoms in total. The Hall–Kier alpha value is -0.640. The van der Waals surface area contributed by atoms with E-state index < -0.39 is 0 Å². The highest BCUT2D eigenvalue weighted by Gasteiger charge is 2.14. The minimum atomic E-state index is 0.333. The van der Waals surface area contributed by atoms with Crippen LogP contribution in [0.2, 0.25) is 0 Å². The van der Waals surface area contributed by atoms with Crippen LogP contribution in [0.3, 0.4) is 0 Å². The highest BCUT2D eigenvalue weighted by Crippen LogP contribution is 2.25. The summed E-state index contributed by atoms with van der Waals surface area (Å²) in [5.74, 6) is 0.333. The lowest BCUT2D eigenvalue weighted by atomic mass is 10.1. The minimum Gasteiger partial charge on any atom is -0.296 e. The van der Waals surface area contributed by atoms with Gasteiger partial charge >= 0.3 is 0 Å². The summed E-state index contributed by atoms with van der Waals surface area (Å²) in [6, 6.07) is 0. The Morgan fingerprint density at radius 1 is 1.58 bits per heavy atom. The van der Waals surface area contributed by atoms with Gasteiger partial charge in [0.1, 0.15) is 5.69 Å². The zero-order valence-corrected chi connectivity index (χ0v) is 8.92. The van der Waals surface area contributed by atoms with Crippen molar-refractivity contribution in [3.63, 3.8) is 0 Å². The first-order valence-corrected chi connectivity index (χ1v) is 4.54. The zero-order chi connectivity index (χ0) is 9.30. The summed E-state index contributed by atoms with van der Waals surface area (Å²) >= 11 is 3.35. The van der Waals surface area contributed by atoms with Crippen molar-refractivity contribution in [3.8, 4) is 0 Å². The molecule has 0 atom stereocenters. The van der Waals surface area contributed by atoms with Crippen LogP contribution >= 0.6 is 15.9 Å². The average molecular weight is 231 g/mol. The third-order valence-corrected chi connectivity index (χ3v) is 2.53. The van der Waals surface area contributed by atoms with Crippen LogP contribution in [0.4, 0.5) is 0 Å². The van der Waals surface area contributed by atoms with Gasteiger partial charge in [-0.05, 0) is 21.8 Å². The standard InChI is InChI=1S/C8H11BrN2O/c1-5(2)8-7(9)6(4-12)11(3)10-8/h4-5H,1-3H3. The Bertz CT molecular complexity index is 304. The van der Waals surface area contributed by atoms with E-state index in [2.05, 4.69) is 21.0 Å². The molecule has 1 heterocycles. The van der Waals surface area contributed by atoms with E-state index in [1.165, 1.54) is 0 Å². The summed E-state index contributed by atoms with van der Waals surface area (Å²) in [5, 5.41) is 4.22. The fourth-order valence-corrected chi connectivity index (χ4v) is 1.92. The molecule has 0 aromatic carbocycles. The van der Waals surface area contributed by atoms with Crippen molar-refractivity contribution in [2.45, 2.75) is 19.8 Å². The molecule has 1 aromatic heterocycles. The molecule has 0 N–H and O–H groups in total. The number of hydrogen-bond acceptors (Lipinski definition) is 2. The van der Waals surface area contributed by atoms with E-state index in [0.29, 0.717) is 11.6 Å². The maximum absolute atomic E-state index is 10.6. The smallest absolute Gasteiger partial charge is 0.169 e. The molecule has 12 heavy (non-hydrogen) atoms. The maximum atomic E-state index is 10.6. The third-order valence-electron chi connectivity index (χ3n) is 1.71. The van der Waals surface area contributed by atoms with Crippen molar-refractivity contribution in [3.05, 3.63) is 15.9 Å². The summed E-state index contributed by atoms with van der Waals surface area (Å²) in [6.45, 7) is 4.09. The van der Waals surface area contributed by atoms with Crippen molar-refractivity contribution in [2.24, 2.45) is 7.05 Å².